The summed E-state index contributed by atoms with van der Waals surface area (Å²) in [7, 11) is 0. The number of rotatable bonds is 5. The summed E-state index contributed by atoms with van der Waals surface area (Å²) in [4.78, 5) is 19.5. The molecule has 5 nitrogen and oxygen atoms in total. The predicted octanol–water partition coefficient (Wildman–Crippen LogP) is 3.22. The van der Waals surface area contributed by atoms with Gasteiger partial charge >= 0.3 is 0 Å². The van der Waals surface area contributed by atoms with Gasteiger partial charge in [-0.25, -0.2) is 4.98 Å². The number of fused-ring (bicyclic) bond motifs is 1. The molecule has 3 aromatic rings. The van der Waals surface area contributed by atoms with Crippen molar-refractivity contribution in [2.75, 3.05) is 11.9 Å². The summed E-state index contributed by atoms with van der Waals surface area (Å²) < 4.78 is 0. The van der Waals surface area contributed by atoms with Crippen molar-refractivity contribution in [2.24, 2.45) is 0 Å². The molecule has 1 amide bonds. The third-order valence-electron chi connectivity index (χ3n) is 3.50. The van der Waals surface area contributed by atoms with Gasteiger partial charge < -0.3 is 15.6 Å². The van der Waals surface area contributed by atoms with Gasteiger partial charge in [-0.2, -0.15) is 11.3 Å². The Hall–Kier alpha value is -2.18. The molecule has 0 aliphatic heterocycles. The fourth-order valence-corrected chi connectivity index (χ4v) is 3.06. The number of benzene rings is 1. The molecule has 2 heterocycles. The van der Waals surface area contributed by atoms with Crippen LogP contribution in [0, 0.1) is 6.92 Å². The minimum Gasteiger partial charge on any atom is -0.342 e. The van der Waals surface area contributed by atoms with E-state index in [1.54, 1.807) is 11.3 Å². The van der Waals surface area contributed by atoms with Crippen LogP contribution < -0.4 is 10.6 Å². The monoisotopic (exact) mass is 314 g/mol. The van der Waals surface area contributed by atoms with E-state index in [4.69, 9.17) is 0 Å². The Balaban J connectivity index is 1.58. The lowest BCUT2D eigenvalue weighted by atomic mass is 10.2. The largest absolute Gasteiger partial charge is 0.342 e. The average molecular weight is 314 g/mol. The first-order chi connectivity index (χ1) is 10.6. The molecule has 0 radical (unpaired) electrons. The van der Waals surface area contributed by atoms with E-state index in [0.717, 1.165) is 22.5 Å². The molecule has 1 unspecified atom stereocenters. The molecule has 114 valence electrons. The second-order valence-corrected chi connectivity index (χ2v) is 6.04. The van der Waals surface area contributed by atoms with Crippen LogP contribution in [0.3, 0.4) is 0 Å². The molecule has 0 fully saturated rings. The molecule has 22 heavy (non-hydrogen) atoms. The Bertz CT molecular complexity index is 779. The second kappa shape index (κ2) is 6.29. The fraction of sp³-hybridized carbons (Fsp3) is 0.250. The SMILES string of the molecule is Cc1nc2ccc(NC(=O)CNC(C)c3ccsc3)cc2[nH]1. The van der Waals surface area contributed by atoms with Gasteiger partial charge in [-0.3, -0.25) is 4.79 Å². The second-order valence-electron chi connectivity index (χ2n) is 5.26. The topological polar surface area (TPSA) is 69.8 Å². The normalized spacial score (nSPS) is 12.5. The first-order valence-electron chi connectivity index (χ1n) is 7.13. The van der Waals surface area contributed by atoms with E-state index < -0.39 is 0 Å². The average Bonchev–Trinajstić information content (AvgIpc) is 3.12. The predicted molar refractivity (Wildman–Crippen MR) is 90.2 cm³/mol. The standard InChI is InChI=1S/C16H18N4OS/c1-10(12-5-6-22-9-12)17-8-16(21)20-13-3-4-14-15(7-13)19-11(2)18-14/h3-7,9-10,17H,8H2,1-2H3,(H,18,19)(H,20,21). The molecule has 3 N–H and O–H groups in total. The lowest BCUT2D eigenvalue weighted by Gasteiger charge is -2.12. The number of hydrogen-bond acceptors (Lipinski definition) is 4. The van der Waals surface area contributed by atoms with E-state index in [9.17, 15) is 4.79 Å². The smallest absolute Gasteiger partial charge is 0.238 e. The highest BCUT2D eigenvalue weighted by Gasteiger charge is 2.09. The number of imidazole rings is 1. The highest BCUT2D eigenvalue weighted by atomic mass is 32.1. The van der Waals surface area contributed by atoms with Gasteiger partial charge in [-0.05, 0) is 54.4 Å². The van der Waals surface area contributed by atoms with Crippen LogP contribution in [0.2, 0.25) is 0 Å². The third-order valence-corrected chi connectivity index (χ3v) is 4.20. The number of aromatic nitrogens is 2. The maximum atomic E-state index is 12.0. The summed E-state index contributed by atoms with van der Waals surface area (Å²) in [6.07, 6.45) is 0. The number of carbonyl (C=O) groups is 1. The van der Waals surface area contributed by atoms with Crippen molar-refractivity contribution >= 4 is 34.0 Å². The van der Waals surface area contributed by atoms with Crippen LogP contribution >= 0.6 is 11.3 Å². The van der Waals surface area contributed by atoms with Crippen LogP contribution in [-0.2, 0) is 4.79 Å². The van der Waals surface area contributed by atoms with Gasteiger partial charge in [-0.15, -0.1) is 0 Å². The molecule has 0 saturated carbocycles. The van der Waals surface area contributed by atoms with Gasteiger partial charge in [0.25, 0.3) is 0 Å². The van der Waals surface area contributed by atoms with Gasteiger partial charge in [0.05, 0.1) is 17.6 Å². The number of anilines is 1. The van der Waals surface area contributed by atoms with E-state index in [0.29, 0.717) is 0 Å². The number of nitrogens with one attached hydrogen (secondary N) is 3. The van der Waals surface area contributed by atoms with Crippen molar-refractivity contribution < 1.29 is 4.79 Å². The van der Waals surface area contributed by atoms with Crippen molar-refractivity contribution in [3.8, 4) is 0 Å². The molecular formula is C16H18N4OS. The maximum Gasteiger partial charge on any atom is 0.238 e. The zero-order valence-corrected chi connectivity index (χ0v) is 13.3. The number of carbonyl (C=O) groups excluding carboxylic acids is 1. The van der Waals surface area contributed by atoms with Crippen molar-refractivity contribution in [3.63, 3.8) is 0 Å². The molecule has 0 spiro atoms. The first-order valence-corrected chi connectivity index (χ1v) is 8.08. The van der Waals surface area contributed by atoms with Gasteiger partial charge in [0.1, 0.15) is 5.82 Å². The first kappa shape index (κ1) is 14.7. The number of amides is 1. The van der Waals surface area contributed by atoms with Crippen LogP contribution in [0.15, 0.2) is 35.0 Å². The van der Waals surface area contributed by atoms with Crippen LogP contribution in [-0.4, -0.2) is 22.4 Å². The quantitative estimate of drug-likeness (QED) is 0.677. The zero-order chi connectivity index (χ0) is 15.5. The summed E-state index contributed by atoms with van der Waals surface area (Å²) in [5, 5.41) is 10.2. The number of nitrogens with zero attached hydrogens (tertiary/aromatic N) is 1. The lowest BCUT2D eigenvalue weighted by Crippen LogP contribution is -2.29. The highest BCUT2D eigenvalue weighted by Crippen LogP contribution is 2.17. The minimum absolute atomic E-state index is 0.0577. The van der Waals surface area contributed by atoms with Crippen molar-refractivity contribution in [2.45, 2.75) is 19.9 Å². The Morgan fingerprint density at radius 3 is 3.05 bits per heavy atom. The van der Waals surface area contributed by atoms with Gasteiger partial charge in [0.15, 0.2) is 0 Å². The fourth-order valence-electron chi connectivity index (χ4n) is 2.31. The number of hydrogen-bond donors (Lipinski definition) is 3. The number of H-pyrrole nitrogens is 1. The molecule has 0 aliphatic rings. The van der Waals surface area contributed by atoms with Gasteiger partial charge in [-0.1, -0.05) is 0 Å². The molecular weight excluding hydrogens is 296 g/mol. The van der Waals surface area contributed by atoms with Crippen LogP contribution in [0.1, 0.15) is 24.4 Å². The Morgan fingerprint density at radius 1 is 1.41 bits per heavy atom. The van der Waals surface area contributed by atoms with Crippen molar-refractivity contribution in [1.82, 2.24) is 15.3 Å². The summed E-state index contributed by atoms with van der Waals surface area (Å²) in [6, 6.07) is 7.89. The minimum atomic E-state index is -0.0577. The lowest BCUT2D eigenvalue weighted by molar-refractivity contribution is -0.115. The molecule has 0 saturated heterocycles. The summed E-state index contributed by atoms with van der Waals surface area (Å²) in [6.45, 7) is 4.24. The molecule has 3 rings (SSSR count). The Kier molecular flexibility index (Phi) is 4.22. The van der Waals surface area contributed by atoms with Crippen LogP contribution in [0.5, 0.6) is 0 Å². The molecule has 1 atom stereocenters. The highest BCUT2D eigenvalue weighted by molar-refractivity contribution is 7.07. The van der Waals surface area contributed by atoms with E-state index >= 15 is 0 Å². The molecule has 2 aromatic heterocycles. The summed E-state index contributed by atoms with van der Waals surface area (Å²) in [5.74, 6) is 0.808. The van der Waals surface area contributed by atoms with E-state index in [-0.39, 0.29) is 18.5 Å². The van der Waals surface area contributed by atoms with E-state index in [1.807, 2.05) is 30.5 Å². The van der Waals surface area contributed by atoms with Crippen LogP contribution in [0.4, 0.5) is 5.69 Å². The zero-order valence-electron chi connectivity index (χ0n) is 12.5. The van der Waals surface area contributed by atoms with Crippen LogP contribution in [0.25, 0.3) is 11.0 Å². The Morgan fingerprint density at radius 2 is 2.27 bits per heavy atom. The van der Waals surface area contributed by atoms with Crippen molar-refractivity contribution in [1.29, 1.82) is 0 Å². The number of aryl methyl sites for hydroxylation is 1. The summed E-state index contributed by atoms with van der Waals surface area (Å²) >= 11 is 1.66. The van der Waals surface area contributed by atoms with Gasteiger partial charge in [0.2, 0.25) is 5.91 Å². The molecule has 0 bridgehead atoms. The summed E-state index contributed by atoms with van der Waals surface area (Å²) in [5.41, 5.74) is 3.80. The third kappa shape index (κ3) is 3.35. The number of aromatic amines is 1. The molecule has 6 heteroatoms. The van der Waals surface area contributed by atoms with E-state index in [2.05, 4.69) is 39.0 Å². The van der Waals surface area contributed by atoms with E-state index in [1.165, 1.54) is 5.56 Å². The van der Waals surface area contributed by atoms with Crippen molar-refractivity contribution in [3.05, 3.63) is 46.4 Å². The molecule has 0 aliphatic carbocycles. The van der Waals surface area contributed by atoms with Gasteiger partial charge in [0, 0.05) is 11.7 Å². The number of thiophene rings is 1. The maximum absolute atomic E-state index is 12.0. The molecule has 1 aromatic carbocycles. The Labute approximate surface area is 132 Å².